The van der Waals surface area contributed by atoms with Crippen LogP contribution in [0.4, 0.5) is 14.6 Å². The second kappa shape index (κ2) is 5.75. The second-order valence-corrected chi connectivity index (χ2v) is 5.17. The van der Waals surface area contributed by atoms with E-state index in [0.717, 1.165) is 6.07 Å². The number of methoxy groups -OCH3 is 1. The molecule has 0 amide bonds. The van der Waals surface area contributed by atoms with Crippen molar-refractivity contribution in [2.24, 2.45) is 0 Å². The van der Waals surface area contributed by atoms with E-state index in [1.165, 1.54) is 17.9 Å². The van der Waals surface area contributed by atoms with Gasteiger partial charge in [0.25, 0.3) is 0 Å². The van der Waals surface area contributed by atoms with E-state index in [-0.39, 0.29) is 12.6 Å². The Kier molecular flexibility index (Phi) is 3.79. The molecule has 0 unspecified atom stereocenters. The number of hydrogen-bond donors (Lipinski definition) is 1. The lowest BCUT2D eigenvalue weighted by Crippen LogP contribution is -2.13. The smallest absolute Gasteiger partial charge is 0.327 e. The van der Waals surface area contributed by atoms with Gasteiger partial charge in [-0.25, -0.2) is 8.78 Å². The maximum atomic E-state index is 13.7. The van der Waals surface area contributed by atoms with E-state index >= 15 is 0 Å². The van der Waals surface area contributed by atoms with Crippen molar-refractivity contribution in [3.63, 3.8) is 0 Å². The highest BCUT2D eigenvalue weighted by molar-refractivity contribution is 5.68. The molecule has 5 nitrogen and oxygen atoms in total. The molecule has 0 aliphatic heterocycles. The Morgan fingerprint density at radius 1 is 1.50 bits per heavy atom. The van der Waals surface area contributed by atoms with E-state index in [2.05, 4.69) is 15.2 Å². The molecule has 22 heavy (non-hydrogen) atoms. The number of rotatable bonds is 4. The summed E-state index contributed by atoms with van der Waals surface area (Å²) in [5.41, 5.74) is 1.17. The number of benzene rings is 1. The lowest BCUT2D eigenvalue weighted by Gasteiger charge is -2.13. The molecule has 116 valence electrons. The number of nitrogens with zero attached hydrogens (tertiary/aromatic N) is 2. The SMILES string of the molecule is COC(=O)Cn1ccc(N[C@@H]2CCc3c(F)cc(F)cc32)n1. The van der Waals surface area contributed by atoms with Gasteiger partial charge in [0.05, 0.1) is 13.2 Å². The summed E-state index contributed by atoms with van der Waals surface area (Å²) in [5, 5.41) is 7.34. The van der Waals surface area contributed by atoms with Crippen LogP contribution in [0, 0.1) is 11.6 Å². The summed E-state index contributed by atoms with van der Waals surface area (Å²) in [7, 11) is 1.31. The molecule has 0 radical (unpaired) electrons. The molecule has 0 saturated carbocycles. The summed E-state index contributed by atoms with van der Waals surface area (Å²) in [6, 6.07) is 3.78. The number of carbonyl (C=O) groups is 1. The van der Waals surface area contributed by atoms with Gasteiger partial charge >= 0.3 is 5.97 Å². The average Bonchev–Trinajstić information content (AvgIpc) is 3.07. The van der Waals surface area contributed by atoms with Crippen LogP contribution in [0.2, 0.25) is 0 Å². The number of aromatic nitrogens is 2. The fourth-order valence-electron chi connectivity index (χ4n) is 2.69. The number of nitrogens with one attached hydrogen (secondary N) is 1. The number of halogens is 2. The largest absolute Gasteiger partial charge is 0.468 e. The summed E-state index contributed by atoms with van der Waals surface area (Å²) in [6.45, 7) is 0.0166. The molecular formula is C15H15F2N3O2. The van der Waals surface area contributed by atoms with Gasteiger partial charge < -0.3 is 10.1 Å². The minimum Gasteiger partial charge on any atom is -0.468 e. The molecule has 0 spiro atoms. The van der Waals surface area contributed by atoms with Gasteiger partial charge in [0, 0.05) is 18.3 Å². The van der Waals surface area contributed by atoms with Crippen LogP contribution in [0.5, 0.6) is 0 Å². The molecule has 2 aromatic rings. The van der Waals surface area contributed by atoms with Gasteiger partial charge in [0.2, 0.25) is 0 Å². The first-order valence-corrected chi connectivity index (χ1v) is 6.91. The van der Waals surface area contributed by atoms with Gasteiger partial charge in [-0.1, -0.05) is 0 Å². The average molecular weight is 307 g/mol. The lowest BCUT2D eigenvalue weighted by molar-refractivity contribution is -0.141. The van der Waals surface area contributed by atoms with Crippen LogP contribution in [-0.4, -0.2) is 22.9 Å². The molecule has 1 N–H and O–H groups in total. The number of fused-ring (bicyclic) bond motifs is 1. The Bertz CT molecular complexity index is 715. The van der Waals surface area contributed by atoms with E-state index < -0.39 is 17.6 Å². The summed E-state index contributed by atoms with van der Waals surface area (Å²) in [6.07, 6.45) is 2.86. The Hall–Kier alpha value is -2.44. The van der Waals surface area contributed by atoms with Crippen molar-refractivity contribution in [2.75, 3.05) is 12.4 Å². The predicted octanol–water partition coefficient (Wildman–Crippen LogP) is 2.43. The molecular weight excluding hydrogens is 292 g/mol. The van der Waals surface area contributed by atoms with E-state index in [1.54, 1.807) is 12.3 Å². The lowest BCUT2D eigenvalue weighted by atomic mass is 10.1. The Morgan fingerprint density at radius 2 is 2.32 bits per heavy atom. The van der Waals surface area contributed by atoms with Crippen LogP contribution in [0.25, 0.3) is 0 Å². The van der Waals surface area contributed by atoms with Gasteiger partial charge in [-0.2, -0.15) is 5.10 Å². The zero-order valence-corrected chi connectivity index (χ0v) is 12.0. The van der Waals surface area contributed by atoms with Gasteiger partial charge in [-0.3, -0.25) is 9.48 Å². The molecule has 1 heterocycles. The third-order valence-corrected chi connectivity index (χ3v) is 3.73. The van der Waals surface area contributed by atoms with Crippen molar-refractivity contribution in [1.29, 1.82) is 0 Å². The van der Waals surface area contributed by atoms with E-state index in [0.29, 0.717) is 29.8 Å². The molecule has 1 atom stereocenters. The number of ether oxygens (including phenoxy) is 1. The van der Waals surface area contributed by atoms with Crippen molar-refractivity contribution in [3.05, 3.63) is 47.2 Å². The quantitative estimate of drug-likeness (QED) is 0.882. The molecule has 1 aliphatic rings. The van der Waals surface area contributed by atoms with Crippen molar-refractivity contribution in [2.45, 2.75) is 25.4 Å². The molecule has 1 aliphatic carbocycles. The zero-order chi connectivity index (χ0) is 15.7. The summed E-state index contributed by atoms with van der Waals surface area (Å²) in [4.78, 5) is 11.2. The number of anilines is 1. The third kappa shape index (κ3) is 2.79. The predicted molar refractivity (Wildman–Crippen MR) is 75.3 cm³/mol. The van der Waals surface area contributed by atoms with Crippen LogP contribution >= 0.6 is 0 Å². The summed E-state index contributed by atoms with van der Waals surface area (Å²) in [5.74, 6) is -0.937. The van der Waals surface area contributed by atoms with E-state index in [4.69, 9.17) is 0 Å². The first kappa shape index (κ1) is 14.5. The molecule has 0 bridgehead atoms. The number of carbonyl (C=O) groups excluding carboxylic acids is 1. The van der Waals surface area contributed by atoms with Gasteiger partial charge in [-0.05, 0) is 30.0 Å². The highest BCUT2D eigenvalue weighted by Crippen LogP contribution is 2.35. The molecule has 1 aromatic heterocycles. The first-order chi connectivity index (χ1) is 10.6. The summed E-state index contributed by atoms with van der Waals surface area (Å²) < 4.78 is 33.1. The van der Waals surface area contributed by atoms with E-state index in [9.17, 15) is 13.6 Å². The fourth-order valence-corrected chi connectivity index (χ4v) is 2.69. The van der Waals surface area contributed by atoms with Crippen LogP contribution < -0.4 is 5.32 Å². The topological polar surface area (TPSA) is 56.1 Å². The Morgan fingerprint density at radius 3 is 3.09 bits per heavy atom. The number of hydrogen-bond acceptors (Lipinski definition) is 4. The van der Waals surface area contributed by atoms with Gasteiger partial charge in [0.15, 0.2) is 0 Å². The Balaban J connectivity index is 1.75. The molecule has 1 aromatic carbocycles. The minimum absolute atomic E-state index is 0.0166. The maximum Gasteiger partial charge on any atom is 0.327 e. The standard InChI is InChI=1S/C15H15F2N3O2/c1-22-15(21)8-20-5-4-14(19-20)18-13-3-2-10-11(13)6-9(16)7-12(10)17/h4-7,13H,2-3,8H2,1H3,(H,18,19)/t13-/m1/s1. The highest BCUT2D eigenvalue weighted by Gasteiger charge is 2.26. The van der Waals surface area contributed by atoms with Gasteiger partial charge in [0.1, 0.15) is 24.0 Å². The van der Waals surface area contributed by atoms with E-state index in [1.807, 2.05) is 0 Å². The molecule has 0 saturated heterocycles. The highest BCUT2D eigenvalue weighted by atomic mass is 19.1. The Labute approximate surface area is 125 Å². The maximum absolute atomic E-state index is 13.7. The van der Waals surface area contributed by atoms with Crippen LogP contribution in [0.3, 0.4) is 0 Å². The number of esters is 1. The van der Waals surface area contributed by atoms with Crippen LogP contribution in [0.1, 0.15) is 23.6 Å². The second-order valence-electron chi connectivity index (χ2n) is 5.17. The summed E-state index contributed by atoms with van der Waals surface area (Å²) >= 11 is 0. The third-order valence-electron chi connectivity index (χ3n) is 3.73. The van der Waals surface area contributed by atoms with Crippen LogP contribution in [0.15, 0.2) is 24.4 Å². The normalized spacial score (nSPS) is 16.4. The zero-order valence-electron chi connectivity index (χ0n) is 12.0. The van der Waals surface area contributed by atoms with Crippen molar-refractivity contribution in [3.8, 4) is 0 Å². The fraction of sp³-hybridized carbons (Fsp3) is 0.333. The van der Waals surface area contributed by atoms with Crippen molar-refractivity contribution < 1.29 is 18.3 Å². The van der Waals surface area contributed by atoms with Crippen molar-refractivity contribution in [1.82, 2.24) is 9.78 Å². The van der Waals surface area contributed by atoms with Gasteiger partial charge in [-0.15, -0.1) is 0 Å². The van der Waals surface area contributed by atoms with Crippen LogP contribution in [-0.2, 0) is 22.5 Å². The molecule has 0 fully saturated rings. The minimum atomic E-state index is -0.582. The molecule has 7 heteroatoms. The monoisotopic (exact) mass is 307 g/mol. The first-order valence-electron chi connectivity index (χ1n) is 6.91. The molecule has 3 rings (SSSR count). The van der Waals surface area contributed by atoms with Crippen molar-refractivity contribution >= 4 is 11.8 Å².